The van der Waals surface area contributed by atoms with E-state index in [-0.39, 0.29) is 18.0 Å². The first-order valence-corrected chi connectivity index (χ1v) is 7.49. The van der Waals surface area contributed by atoms with Crippen LogP contribution in [-0.4, -0.2) is 32.3 Å². The van der Waals surface area contributed by atoms with Crippen molar-refractivity contribution < 1.29 is 9.53 Å². The predicted octanol–water partition coefficient (Wildman–Crippen LogP) is 1.61. The van der Waals surface area contributed by atoms with E-state index in [4.69, 9.17) is 10.5 Å². The smallest absolute Gasteiger partial charge is 0.343 e. The second kappa shape index (κ2) is 5.75. The molecule has 7 heteroatoms. The first kappa shape index (κ1) is 14.5. The van der Waals surface area contributed by atoms with Crippen LogP contribution in [0, 0.1) is 6.92 Å². The van der Waals surface area contributed by atoms with Gasteiger partial charge < -0.3 is 10.5 Å². The largest absolute Gasteiger partial charge is 0.462 e. The molecule has 0 aromatic carbocycles. The summed E-state index contributed by atoms with van der Waals surface area (Å²) in [5.74, 6) is 0.126. The van der Waals surface area contributed by atoms with Crippen molar-refractivity contribution >= 4 is 11.8 Å². The van der Waals surface area contributed by atoms with Gasteiger partial charge in [0, 0.05) is 11.4 Å². The van der Waals surface area contributed by atoms with Gasteiger partial charge in [-0.1, -0.05) is 0 Å². The summed E-state index contributed by atoms with van der Waals surface area (Å²) in [6, 6.07) is 0. The zero-order valence-electron chi connectivity index (χ0n) is 12.8. The zero-order chi connectivity index (χ0) is 15.7. The van der Waals surface area contributed by atoms with Gasteiger partial charge in [-0.2, -0.15) is 9.78 Å². The maximum atomic E-state index is 11.8. The fraction of sp³-hybridized carbons (Fsp3) is 0.467. The lowest BCUT2D eigenvalue weighted by Crippen LogP contribution is -2.15. The monoisotopic (exact) mass is 301 g/mol. The number of carbonyl (C=O) groups excluding carboxylic acids is 1. The molecule has 0 saturated carbocycles. The Morgan fingerprint density at radius 2 is 2.14 bits per heavy atom. The van der Waals surface area contributed by atoms with Crippen LogP contribution in [0.2, 0.25) is 0 Å². The predicted molar refractivity (Wildman–Crippen MR) is 80.9 cm³/mol. The third-order valence-electron chi connectivity index (χ3n) is 3.87. The number of hydrogen-bond acceptors (Lipinski definition) is 6. The Balaban J connectivity index is 2.02. The maximum Gasteiger partial charge on any atom is 0.343 e. The van der Waals surface area contributed by atoms with E-state index in [9.17, 15) is 4.79 Å². The van der Waals surface area contributed by atoms with E-state index in [1.165, 1.54) is 22.9 Å². The van der Waals surface area contributed by atoms with Crippen LogP contribution in [0.15, 0.2) is 6.20 Å². The highest BCUT2D eigenvalue weighted by Gasteiger charge is 2.21. The molecule has 116 valence electrons. The molecule has 0 atom stereocenters. The Bertz CT molecular complexity index is 723. The van der Waals surface area contributed by atoms with Gasteiger partial charge in [0.1, 0.15) is 11.4 Å². The fourth-order valence-corrected chi connectivity index (χ4v) is 2.74. The summed E-state index contributed by atoms with van der Waals surface area (Å²) in [5, 5.41) is 4.15. The molecule has 0 radical (unpaired) electrons. The van der Waals surface area contributed by atoms with Gasteiger partial charge in [-0.3, -0.25) is 0 Å². The van der Waals surface area contributed by atoms with E-state index < -0.39 is 5.97 Å². The van der Waals surface area contributed by atoms with Gasteiger partial charge in [0.25, 0.3) is 5.95 Å². The molecule has 2 N–H and O–H groups in total. The molecule has 2 heterocycles. The van der Waals surface area contributed by atoms with Crippen LogP contribution in [-0.2, 0) is 17.6 Å². The summed E-state index contributed by atoms with van der Waals surface area (Å²) in [4.78, 5) is 20.9. The molecule has 1 aliphatic carbocycles. The molecule has 2 aromatic rings. The van der Waals surface area contributed by atoms with Gasteiger partial charge in [-0.05, 0) is 45.1 Å². The fourth-order valence-electron chi connectivity index (χ4n) is 2.74. The second-order valence-electron chi connectivity index (χ2n) is 5.32. The Kier molecular flexibility index (Phi) is 3.79. The Labute approximate surface area is 128 Å². The number of nitrogens with two attached hydrogens (primary N) is 1. The van der Waals surface area contributed by atoms with Crippen molar-refractivity contribution in [1.29, 1.82) is 0 Å². The molecule has 0 aliphatic heterocycles. The third kappa shape index (κ3) is 2.43. The molecule has 0 bridgehead atoms. The minimum Gasteiger partial charge on any atom is -0.462 e. The molecule has 0 unspecified atom stereocenters. The first-order chi connectivity index (χ1) is 10.6. The molecule has 0 spiro atoms. The number of aryl methyl sites for hydroxylation is 2. The summed E-state index contributed by atoms with van der Waals surface area (Å²) < 4.78 is 6.36. The van der Waals surface area contributed by atoms with Crippen molar-refractivity contribution in [3.63, 3.8) is 0 Å². The van der Waals surface area contributed by atoms with E-state index >= 15 is 0 Å². The van der Waals surface area contributed by atoms with Crippen LogP contribution in [0.5, 0.6) is 0 Å². The van der Waals surface area contributed by atoms with Gasteiger partial charge in [0.15, 0.2) is 0 Å². The number of esters is 1. The van der Waals surface area contributed by atoms with Crippen molar-refractivity contribution in [3.05, 3.63) is 28.7 Å². The second-order valence-corrected chi connectivity index (χ2v) is 5.32. The standard InChI is InChI=1S/C15H19N5O2/c1-3-22-14(21)11-8-17-20(13(11)16)15-18-9(2)10-6-4-5-7-12(10)19-15/h8H,3-7,16H2,1-2H3. The molecule has 2 aromatic heterocycles. The average molecular weight is 301 g/mol. The van der Waals surface area contributed by atoms with Crippen LogP contribution in [0.25, 0.3) is 5.95 Å². The van der Waals surface area contributed by atoms with Crippen molar-refractivity contribution in [2.75, 3.05) is 12.3 Å². The van der Waals surface area contributed by atoms with Gasteiger partial charge >= 0.3 is 5.97 Å². The SMILES string of the molecule is CCOC(=O)c1cnn(-c2nc(C)c3c(n2)CCCC3)c1N. The number of nitrogen functional groups attached to an aromatic ring is 1. The van der Waals surface area contributed by atoms with Gasteiger partial charge in [-0.25, -0.2) is 14.8 Å². The van der Waals surface area contributed by atoms with E-state index in [2.05, 4.69) is 15.1 Å². The molecule has 22 heavy (non-hydrogen) atoms. The highest BCUT2D eigenvalue weighted by Crippen LogP contribution is 2.24. The Morgan fingerprint density at radius 3 is 2.91 bits per heavy atom. The molecular formula is C15H19N5O2. The number of fused-ring (bicyclic) bond motifs is 1. The lowest BCUT2D eigenvalue weighted by atomic mass is 9.95. The maximum absolute atomic E-state index is 11.8. The molecule has 1 aliphatic rings. The number of nitrogens with zero attached hydrogens (tertiary/aromatic N) is 4. The number of aromatic nitrogens is 4. The van der Waals surface area contributed by atoms with Crippen LogP contribution in [0.1, 0.15) is 47.1 Å². The van der Waals surface area contributed by atoms with Crippen molar-refractivity contribution in [2.45, 2.75) is 39.5 Å². The average Bonchev–Trinajstić information content (AvgIpc) is 2.89. The summed E-state index contributed by atoms with van der Waals surface area (Å²) in [5.41, 5.74) is 9.49. The summed E-state index contributed by atoms with van der Waals surface area (Å²) in [6.45, 7) is 4.01. The quantitative estimate of drug-likeness (QED) is 0.865. The first-order valence-electron chi connectivity index (χ1n) is 7.49. The molecule has 7 nitrogen and oxygen atoms in total. The topological polar surface area (TPSA) is 95.9 Å². The van der Waals surface area contributed by atoms with Crippen LogP contribution >= 0.6 is 0 Å². The molecule has 0 amide bonds. The van der Waals surface area contributed by atoms with Crippen LogP contribution in [0.4, 0.5) is 5.82 Å². The highest BCUT2D eigenvalue weighted by molar-refractivity contribution is 5.94. The lowest BCUT2D eigenvalue weighted by molar-refractivity contribution is 0.0527. The third-order valence-corrected chi connectivity index (χ3v) is 3.87. The van der Waals surface area contributed by atoms with Crippen molar-refractivity contribution in [2.24, 2.45) is 0 Å². The Morgan fingerprint density at radius 1 is 1.36 bits per heavy atom. The van der Waals surface area contributed by atoms with E-state index in [0.29, 0.717) is 5.95 Å². The van der Waals surface area contributed by atoms with Gasteiger partial charge in [0.05, 0.1) is 12.8 Å². The minimum atomic E-state index is -0.485. The molecule has 0 fully saturated rings. The highest BCUT2D eigenvalue weighted by atomic mass is 16.5. The summed E-state index contributed by atoms with van der Waals surface area (Å²) >= 11 is 0. The molecule has 0 saturated heterocycles. The number of ether oxygens (including phenoxy) is 1. The lowest BCUT2D eigenvalue weighted by Gasteiger charge is -2.17. The van der Waals surface area contributed by atoms with Gasteiger partial charge in [-0.15, -0.1) is 0 Å². The zero-order valence-corrected chi connectivity index (χ0v) is 12.8. The number of rotatable bonds is 3. The normalized spacial score (nSPS) is 13.7. The van der Waals surface area contributed by atoms with Crippen molar-refractivity contribution in [3.8, 4) is 5.95 Å². The van der Waals surface area contributed by atoms with Gasteiger partial charge in [0.2, 0.25) is 0 Å². The minimum absolute atomic E-state index is 0.202. The Hall–Kier alpha value is -2.44. The van der Waals surface area contributed by atoms with Crippen LogP contribution in [0.3, 0.4) is 0 Å². The van der Waals surface area contributed by atoms with Crippen molar-refractivity contribution in [1.82, 2.24) is 19.7 Å². The van der Waals surface area contributed by atoms with Crippen LogP contribution < -0.4 is 5.73 Å². The number of anilines is 1. The summed E-state index contributed by atoms with van der Waals surface area (Å²) in [6.07, 6.45) is 5.66. The molecular weight excluding hydrogens is 282 g/mol. The van der Waals surface area contributed by atoms with E-state index in [0.717, 1.165) is 30.7 Å². The molecule has 3 rings (SSSR count). The summed E-state index contributed by atoms with van der Waals surface area (Å²) in [7, 11) is 0. The number of hydrogen-bond donors (Lipinski definition) is 1. The van der Waals surface area contributed by atoms with E-state index in [1.54, 1.807) is 6.92 Å². The van der Waals surface area contributed by atoms with E-state index in [1.807, 2.05) is 6.92 Å². The number of carbonyl (C=O) groups is 1.